The number of aryl methyl sites for hydroxylation is 2. The molecular formula is C27H28N2O5. The Morgan fingerprint density at radius 2 is 1.68 bits per heavy atom. The first-order valence-corrected chi connectivity index (χ1v) is 11.1. The fourth-order valence-electron chi connectivity index (χ4n) is 3.31. The number of hydrogen-bond donors (Lipinski definition) is 2. The van der Waals surface area contributed by atoms with Gasteiger partial charge in [0.15, 0.2) is 0 Å². The standard InChI is InChI=1S/C27H28N2O5/c1-3-33-27(32)34-24-14-11-22(12-15-24)26(31)29-23-10-6-8-20(17-23)18-28-25(30)16-13-21-9-5-4-7-19(21)2/h4-12,14-15,17H,3,13,16,18H2,1-2H3,(H,28,30)(H,29,31). The smallest absolute Gasteiger partial charge is 0.434 e. The van der Waals surface area contributed by atoms with Crippen molar-refractivity contribution in [2.75, 3.05) is 11.9 Å². The summed E-state index contributed by atoms with van der Waals surface area (Å²) in [6.07, 6.45) is 0.314. The van der Waals surface area contributed by atoms with Gasteiger partial charge in [-0.2, -0.15) is 0 Å². The highest BCUT2D eigenvalue weighted by Gasteiger charge is 2.10. The number of amides is 2. The van der Waals surface area contributed by atoms with Crippen LogP contribution in [0.15, 0.2) is 72.8 Å². The molecule has 0 aliphatic rings. The average Bonchev–Trinajstić information content (AvgIpc) is 2.83. The molecule has 0 aliphatic carbocycles. The molecule has 0 fully saturated rings. The molecule has 3 rings (SSSR count). The lowest BCUT2D eigenvalue weighted by Crippen LogP contribution is -2.23. The van der Waals surface area contributed by atoms with Gasteiger partial charge in [-0.05, 0) is 73.4 Å². The van der Waals surface area contributed by atoms with Gasteiger partial charge in [-0.25, -0.2) is 4.79 Å². The third-order valence-corrected chi connectivity index (χ3v) is 5.14. The minimum absolute atomic E-state index is 0.0252. The predicted molar refractivity (Wildman–Crippen MR) is 130 cm³/mol. The van der Waals surface area contributed by atoms with Crippen LogP contribution in [0, 0.1) is 6.92 Å². The summed E-state index contributed by atoms with van der Waals surface area (Å²) in [5.41, 5.74) is 4.25. The van der Waals surface area contributed by atoms with E-state index in [0.717, 1.165) is 5.56 Å². The summed E-state index contributed by atoms with van der Waals surface area (Å²) in [5, 5.41) is 5.76. The second-order valence-electron chi connectivity index (χ2n) is 7.67. The van der Waals surface area contributed by atoms with E-state index < -0.39 is 6.16 Å². The van der Waals surface area contributed by atoms with Crippen LogP contribution in [0.3, 0.4) is 0 Å². The molecule has 2 amide bonds. The molecule has 3 aromatic rings. The molecule has 2 N–H and O–H groups in total. The first-order chi connectivity index (χ1) is 16.4. The lowest BCUT2D eigenvalue weighted by molar-refractivity contribution is -0.121. The van der Waals surface area contributed by atoms with Crippen LogP contribution in [-0.2, 0) is 22.5 Å². The van der Waals surface area contributed by atoms with Gasteiger partial charge in [0.2, 0.25) is 5.91 Å². The first-order valence-electron chi connectivity index (χ1n) is 11.1. The minimum atomic E-state index is -0.793. The van der Waals surface area contributed by atoms with Crippen LogP contribution >= 0.6 is 0 Å². The van der Waals surface area contributed by atoms with Crippen LogP contribution in [0.1, 0.15) is 40.4 Å². The van der Waals surface area contributed by atoms with Gasteiger partial charge in [-0.3, -0.25) is 9.59 Å². The Balaban J connectivity index is 1.50. The maximum Gasteiger partial charge on any atom is 0.513 e. The van der Waals surface area contributed by atoms with E-state index in [0.29, 0.717) is 30.6 Å². The number of anilines is 1. The number of carbonyl (C=O) groups excluding carboxylic acids is 3. The largest absolute Gasteiger partial charge is 0.513 e. The molecule has 0 spiro atoms. The summed E-state index contributed by atoms with van der Waals surface area (Å²) in [6, 6.07) is 21.5. The molecule has 0 radical (unpaired) electrons. The summed E-state index contributed by atoms with van der Waals surface area (Å²) in [6.45, 7) is 4.31. The van der Waals surface area contributed by atoms with Crippen LogP contribution in [0.4, 0.5) is 10.5 Å². The normalized spacial score (nSPS) is 10.3. The monoisotopic (exact) mass is 460 g/mol. The van der Waals surface area contributed by atoms with Crippen LogP contribution in [0.5, 0.6) is 5.75 Å². The highest BCUT2D eigenvalue weighted by molar-refractivity contribution is 6.04. The molecule has 0 unspecified atom stereocenters. The average molecular weight is 461 g/mol. The van der Waals surface area contributed by atoms with Crippen molar-refractivity contribution in [3.8, 4) is 5.75 Å². The molecule has 0 saturated heterocycles. The molecule has 34 heavy (non-hydrogen) atoms. The molecule has 3 aromatic carbocycles. The second kappa shape index (κ2) is 12.2. The summed E-state index contributed by atoms with van der Waals surface area (Å²) in [5.74, 6) is -0.0416. The van der Waals surface area contributed by atoms with Crippen molar-refractivity contribution in [1.29, 1.82) is 0 Å². The highest BCUT2D eigenvalue weighted by atomic mass is 16.7. The van der Waals surface area contributed by atoms with Crippen molar-refractivity contribution in [3.05, 3.63) is 95.1 Å². The molecule has 0 aromatic heterocycles. The van der Waals surface area contributed by atoms with E-state index in [1.165, 1.54) is 23.3 Å². The molecule has 0 atom stereocenters. The third-order valence-electron chi connectivity index (χ3n) is 5.14. The SMILES string of the molecule is CCOC(=O)Oc1ccc(C(=O)Nc2cccc(CNC(=O)CCc3ccccc3C)c2)cc1. The van der Waals surface area contributed by atoms with Gasteiger partial charge in [0.05, 0.1) is 6.61 Å². The van der Waals surface area contributed by atoms with Crippen molar-refractivity contribution in [2.45, 2.75) is 33.2 Å². The van der Waals surface area contributed by atoms with E-state index in [-0.39, 0.29) is 24.2 Å². The number of hydrogen-bond acceptors (Lipinski definition) is 5. The first kappa shape index (κ1) is 24.5. The fraction of sp³-hybridized carbons (Fsp3) is 0.222. The molecule has 7 heteroatoms. The zero-order chi connectivity index (χ0) is 24.3. The molecule has 7 nitrogen and oxygen atoms in total. The van der Waals surface area contributed by atoms with Gasteiger partial charge < -0.3 is 20.1 Å². The van der Waals surface area contributed by atoms with E-state index in [1.54, 1.807) is 25.1 Å². The zero-order valence-electron chi connectivity index (χ0n) is 19.3. The van der Waals surface area contributed by atoms with Crippen molar-refractivity contribution < 1.29 is 23.9 Å². The van der Waals surface area contributed by atoms with Gasteiger partial charge in [0.1, 0.15) is 5.75 Å². The molecule has 0 bridgehead atoms. The van der Waals surface area contributed by atoms with Crippen LogP contribution in [0.25, 0.3) is 0 Å². The van der Waals surface area contributed by atoms with Crippen molar-refractivity contribution in [2.24, 2.45) is 0 Å². The maximum absolute atomic E-state index is 12.6. The number of benzene rings is 3. The molecule has 0 saturated carbocycles. The highest BCUT2D eigenvalue weighted by Crippen LogP contribution is 2.16. The van der Waals surface area contributed by atoms with Gasteiger partial charge in [-0.15, -0.1) is 0 Å². The van der Waals surface area contributed by atoms with Crippen molar-refractivity contribution >= 4 is 23.7 Å². The Kier molecular flexibility index (Phi) is 8.80. The lowest BCUT2D eigenvalue weighted by Gasteiger charge is -2.10. The van der Waals surface area contributed by atoms with E-state index in [1.807, 2.05) is 49.4 Å². The Labute approximate surface area is 199 Å². The summed E-state index contributed by atoms with van der Waals surface area (Å²) in [7, 11) is 0. The van der Waals surface area contributed by atoms with Gasteiger partial charge >= 0.3 is 6.16 Å². The van der Waals surface area contributed by atoms with Crippen LogP contribution in [-0.4, -0.2) is 24.6 Å². The van der Waals surface area contributed by atoms with E-state index >= 15 is 0 Å². The van der Waals surface area contributed by atoms with Gasteiger partial charge in [-0.1, -0.05) is 36.4 Å². The minimum Gasteiger partial charge on any atom is -0.434 e. The Morgan fingerprint density at radius 1 is 0.912 bits per heavy atom. The summed E-state index contributed by atoms with van der Waals surface area (Å²) in [4.78, 5) is 36.2. The second-order valence-corrected chi connectivity index (χ2v) is 7.67. The number of rotatable bonds is 9. The molecular weight excluding hydrogens is 432 g/mol. The summed E-state index contributed by atoms with van der Waals surface area (Å²) >= 11 is 0. The number of ether oxygens (including phenoxy) is 2. The lowest BCUT2D eigenvalue weighted by atomic mass is 10.0. The van der Waals surface area contributed by atoms with Crippen LogP contribution < -0.4 is 15.4 Å². The predicted octanol–water partition coefficient (Wildman–Crippen LogP) is 5.03. The Hall–Kier alpha value is -4.13. The topological polar surface area (TPSA) is 93.7 Å². The van der Waals surface area contributed by atoms with Crippen LogP contribution in [0.2, 0.25) is 0 Å². The van der Waals surface area contributed by atoms with Gasteiger partial charge in [0, 0.05) is 24.2 Å². The fourth-order valence-corrected chi connectivity index (χ4v) is 3.31. The Bertz CT molecular complexity index is 1140. The Morgan fingerprint density at radius 3 is 2.41 bits per heavy atom. The third kappa shape index (κ3) is 7.48. The quantitative estimate of drug-likeness (QED) is 0.345. The van der Waals surface area contributed by atoms with Crippen molar-refractivity contribution in [3.63, 3.8) is 0 Å². The number of carbonyl (C=O) groups is 3. The maximum atomic E-state index is 12.6. The molecule has 0 heterocycles. The molecule has 176 valence electrons. The van der Waals surface area contributed by atoms with E-state index in [2.05, 4.69) is 10.6 Å². The van der Waals surface area contributed by atoms with E-state index in [4.69, 9.17) is 9.47 Å². The van der Waals surface area contributed by atoms with E-state index in [9.17, 15) is 14.4 Å². The molecule has 0 aliphatic heterocycles. The number of nitrogens with one attached hydrogen (secondary N) is 2. The summed E-state index contributed by atoms with van der Waals surface area (Å²) < 4.78 is 9.71. The van der Waals surface area contributed by atoms with Gasteiger partial charge in [0.25, 0.3) is 5.91 Å². The van der Waals surface area contributed by atoms with Crippen molar-refractivity contribution in [1.82, 2.24) is 5.32 Å². The zero-order valence-corrected chi connectivity index (χ0v) is 19.3.